The predicted molar refractivity (Wildman–Crippen MR) is 68.9 cm³/mol. The van der Waals surface area contributed by atoms with Crippen molar-refractivity contribution < 1.29 is 0 Å². The molecule has 3 heteroatoms. The highest BCUT2D eigenvalue weighted by molar-refractivity contribution is 6.17. The number of hydrogen-bond donors (Lipinski definition) is 1. The largest absolute Gasteiger partial charge is 0.361 e. The maximum Gasteiger partial charge on any atom is 0.116 e. The molecule has 1 N–H and O–H groups in total. The molecule has 0 spiro atoms. The SMILES string of the molecule is c1ccc2c(c1)[nH]cc1ccc3ncnc3c12. The van der Waals surface area contributed by atoms with Crippen LogP contribution < -0.4 is 0 Å². The zero-order chi connectivity index (χ0) is 11.2. The van der Waals surface area contributed by atoms with E-state index in [9.17, 15) is 0 Å². The maximum atomic E-state index is 4.37. The Morgan fingerprint density at radius 2 is 1.88 bits per heavy atom. The molecular weight excluding hydrogens is 210 g/mol. The monoisotopic (exact) mass is 219 g/mol. The summed E-state index contributed by atoms with van der Waals surface area (Å²) in [6, 6.07) is 12.3. The summed E-state index contributed by atoms with van der Waals surface area (Å²) in [7, 11) is 0. The zero-order valence-electron chi connectivity index (χ0n) is 9.01. The highest BCUT2D eigenvalue weighted by Gasteiger charge is 2.06. The van der Waals surface area contributed by atoms with Gasteiger partial charge in [-0.05, 0) is 12.1 Å². The third-order valence-electron chi connectivity index (χ3n) is 3.15. The van der Waals surface area contributed by atoms with Crippen LogP contribution in [0, 0.1) is 0 Å². The summed E-state index contributed by atoms with van der Waals surface area (Å²) >= 11 is 0. The van der Waals surface area contributed by atoms with Gasteiger partial charge in [0.25, 0.3) is 0 Å². The summed E-state index contributed by atoms with van der Waals surface area (Å²) in [6.07, 6.45) is 3.64. The number of imidazole rings is 1. The second kappa shape index (κ2) is 3.04. The van der Waals surface area contributed by atoms with Gasteiger partial charge in [0.15, 0.2) is 0 Å². The fourth-order valence-corrected chi connectivity index (χ4v) is 2.37. The van der Waals surface area contributed by atoms with Crippen molar-refractivity contribution in [3.05, 3.63) is 48.9 Å². The first-order valence-electron chi connectivity index (χ1n) is 5.53. The molecule has 0 radical (unpaired) electrons. The summed E-state index contributed by atoms with van der Waals surface area (Å²) in [5, 5.41) is 3.53. The number of H-pyrrole nitrogens is 1. The molecule has 0 saturated heterocycles. The number of aromatic amines is 1. The third-order valence-corrected chi connectivity index (χ3v) is 3.15. The molecule has 4 aromatic rings. The molecule has 80 valence electrons. The summed E-state index contributed by atoms with van der Waals surface area (Å²) in [6.45, 7) is 0. The average molecular weight is 219 g/mol. The third kappa shape index (κ3) is 1.11. The molecule has 3 nitrogen and oxygen atoms in total. The minimum Gasteiger partial charge on any atom is -0.361 e. The van der Waals surface area contributed by atoms with Crippen LogP contribution in [0.3, 0.4) is 0 Å². The number of benzene rings is 2. The van der Waals surface area contributed by atoms with Gasteiger partial charge in [0.2, 0.25) is 0 Å². The van der Waals surface area contributed by atoms with E-state index in [-0.39, 0.29) is 0 Å². The molecule has 0 atom stereocenters. The van der Waals surface area contributed by atoms with Gasteiger partial charge in [0.05, 0.1) is 11.0 Å². The molecule has 0 amide bonds. The van der Waals surface area contributed by atoms with Gasteiger partial charge in [0.1, 0.15) is 6.33 Å². The minimum atomic E-state index is 0.953. The fourth-order valence-electron chi connectivity index (χ4n) is 2.37. The quantitative estimate of drug-likeness (QED) is 0.461. The number of nitrogens with zero attached hydrogens (tertiary/aromatic N) is 2. The van der Waals surface area contributed by atoms with Gasteiger partial charge >= 0.3 is 0 Å². The number of aromatic nitrogens is 3. The molecule has 2 aromatic carbocycles. The van der Waals surface area contributed by atoms with E-state index in [1.54, 1.807) is 6.33 Å². The fraction of sp³-hybridized carbons (Fsp3) is 0. The molecule has 4 rings (SSSR count). The normalized spacial score (nSPS) is 11.5. The van der Waals surface area contributed by atoms with Crippen LogP contribution in [-0.2, 0) is 0 Å². The van der Waals surface area contributed by atoms with Crippen LogP contribution in [0.5, 0.6) is 0 Å². The van der Waals surface area contributed by atoms with Crippen molar-refractivity contribution in [1.82, 2.24) is 15.0 Å². The Kier molecular flexibility index (Phi) is 1.56. The molecule has 17 heavy (non-hydrogen) atoms. The van der Waals surface area contributed by atoms with Crippen LogP contribution in [-0.4, -0.2) is 15.0 Å². The van der Waals surface area contributed by atoms with Crippen molar-refractivity contribution in [2.45, 2.75) is 0 Å². The molecule has 0 fully saturated rings. The Morgan fingerprint density at radius 3 is 2.88 bits per heavy atom. The van der Waals surface area contributed by atoms with Gasteiger partial charge in [-0.15, -0.1) is 0 Å². The number of para-hydroxylation sites is 1. The first-order valence-corrected chi connectivity index (χ1v) is 5.53. The maximum absolute atomic E-state index is 4.37. The lowest BCUT2D eigenvalue weighted by Crippen LogP contribution is -1.83. The van der Waals surface area contributed by atoms with Crippen LogP contribution in [0.25, 0.3) is 32.7 Å². The number of pyridine rings is 1. The number of rotatable bonds is 0. The number of fused-ring (bicyclic) bond motifs is 5. The summed E-state index contributed by atoms with van der Waals surface area (Å²) in [5.74, 6) is 0. The Balaban J connectivity index is 2.41. The van der Waals surface area contributed by atoms with Gasteiger partial charge in [-0.2, -0.15) is 0 Å². The van der Waals surface area contributed by atoms with E-state index in [1.807, 2.05) is 24.4 Å². The molecular formula is C14H9N3. The lowest BCUT2D eigenvalue weighted by molar-refractivity contribution is 1.35. The summed E-state index contributed by atoms with van der Waals surface area (Å²) in [4.78, 5) is 11.9. The predicted octanol–water partition coefficient (Wildman–Crippen LogP) is 3.26. The number of hydrogen-bond acceptors (Lipinski definition) is 2. The molecule has 0 aliphatic heterocycles. The van der Waals surface area contributed by atoms with Crippen LogP contribution in [0.1, 0.15) is 0 Å². The van der Waals surface area contributed by atoms with Gasteiger partial charge in [-0.3, -0.25) is 0 Å². The van der Waals surface area contributed by atoms with Crippen molar-refractivity contribution in [2.24, 2.45) is 0 Å². The van der Waals surface area contributed by atoms with Gasteiger partial charge in [-0.1, -0.05) is 24.3 Å². The van der Waals surface area contributed by atoms with Crippen molar-refractivity contribution in [3.8, 4) is 0 Å². The molecule has 0 aliphatic rings. The van der Waals surface area contributed by atoms with Gasteiger partial charge in [-0.25, -0.2) is 9.97 Å². The highest BCUT2D eigenvalue weighted by Crippen LogP contribution is 2.28. The van der Waals surface area contributed by atoms with E-state index in [2.05, 4.69) is 33.2 Å². The highest BCUT2D eigenvalue weighted by atomic mass is 14.9. The van der Waals surface area contributed by atoms with Gasteiger partial charge in [0, 0.05) is 27.9 Å². The minimum absolute atomic E-state index is 0.953. The van der Waals surface area contributed by atoms with Crippen molar-refractivity contribution >= 4 is 32.7 Å². The molecule has 2 heterocycles. The first kappa shape index (κ1) is 8.70. The standard InChI is InChI=1S/C14H9N3/c1-2-4-11-10(3-1)13-9(7-15-11)5-6-12-14(13)17-8-16-12/h1-8,15H. The topological polar surface area (TPSA) is 41.6 Å². The summed E-state index contributed by atoms with van der Waals surface area (Å²) < 4.78 is 0. The smallest absolute Gasteiger partial charge is 0.116 e. The van der Waals surface area contributed by atoms with Crippen molar-refractivity contribution in [1.29, 1.82) is 0 Å². The van der Waals surface area contributed by atoms with Crippen molar-refractivity contribution in [2.75, 3.05) is 0 Å². The first-order chi connectivity index (χ1) is 8.43. The van der Waals surface area contributed by atoms with Gasteiger partial charge < -0.3 is 4.98 Å². The van der Waals surface area contributed by atoms with E-state index in [0.29, 0.717) is 0 Å². The van der Waals surface area contributed by atoms with E-state index in [1.165, 1.54) is 10.8 Å². The Labute approximate surface area is 97.1 Å². The van der Waals surface area contributed by atoms with Crippen LogP contribution >= 0.6 is 0 Å². The van der Waals surface area contributed by atoms with E-state index < -0.39 is 0 Å². The lowest BCUT2D eigenvalue weighted by atomic mass is 10.1. The van der Waals surface area contributed by atoms with E-state index in [0.717, 1.165) is 21.9 Å². The molecule has 0 unspecified atom stereocenters. The van der Waals surface area contributed by atoms with Crippen LogP contribution in [0.2, 0.25) is 0 Å². The van der Waals surface area contributed by atoms with Crippen molar-refractivity contribution in [3.63, 3.8) is 0 Å². The Bertz CT molecular complexity index is 846. The van der Waals surface area contributed by atoms with E-state index in [4.69, 9.17) is 0 Å². The number of nitrogens with one attached hydrogen (secondary N) is 1. The second-order valence-corrected chi connectivity index (χ2v) is 4.11. The van der Waals surface area contributed by atoms with Crippen LogP contribution in [0.4, 0.5) is 0 Å². The summed E-state index contributed by atoms with van der Waals surface area (Å²) in [5.41, 5.74) is 3.05. The molecule has 0 saturated carbocycles. The average Bonchev–Trinajstić information content (AvgIpc) is 2.86. The Morgan fingerprint density at radius 1 is 0.941 bits per heavy atom. The lowest BCUT2D eigenvalue weighted by Gasteiger charge is -2.04. The second-order valence-electron chi connectivity index (χ2n) is 4.11. The molecule has 2 aromatic heterocycles. The van der Waals surface area contributed by atoms with E-state index >= 15 is 0 Å². The van der Waals surface area contributed by atoms with Crippen LogP contribution in [0.15, 0.2) is 48.9 Å². The molecule has 0 bridgehead atoms. The molecule has 0 aliphatic carbocycles. The Hall–Kier alpha value is -2.42. The zero-order valence-corrected chi connectivity index (χ0v) is 9.01.